The number of aliphatic imine (C=N–C) groups is 1. The molecule has 0 saturated heterocycles. The average molecular weight is 381 g/mol. The minimum atomic E-state index is 0.213. The van der Waals surface area contributed by atoms with Gasteiger partial charge >= 0.3 is 0 Å². The van der Waals surface area contributed by atoms with Crippen LogP contribution in [0.4, 0.5) is 0 Å². The normalized spacial score (nSPS) is 12.9. The first-order valence-corrected chi connectivity index (χ1v) is 9.79. The van der Waals surface area contributed by atoms with Crippen molar-refractivity contribution in [2.75, 3.05) is 40.0 Å². The second kappa shape index (κ2) is 14.2. The summed E-state index contributed by atoms with van der Waals surface area (Å²) in [5.74, 6) is 2.37. The lowest BCUT2D eigenvalue weighted by atomic mass is 9.94. The van der Waals surface area contributed by atoms with Gasteiger partial charge in [-0.25, -0.2) is 9.98 Å². The number of hydrogen-bond donors (Lipinski definition) is 3. The van der Waals surface area contributed by atoms with Gasteiger partial charge in [-0.15, -0.1) is 0 Å². The maximum Gasteiger partial charge on any atom is 0.218 e. The van der Waals surface area contributed by atoms with Gasteiger partial charge in [-0.3, -0.25) is 0 Å². The summed E-state index contributed by atoms with van der Waals surface area (Å²) in [4.78, 5) is 8.95. The number of aliphatic hydroxyl groups excluding tert-OH is 1. The molecule has 154 valence electrons. The SMILES string of the molecule is CCNC(=NCc1cccnc1OCCOC)NCC(CCO)CC(C)C. The second-order valence-corrected chi connectivity index (χ2v) is 6.89. The van der Waals surface area contributed by atoms with E-state index in [-0.39, 0.29) is 6.61 Å². The Labute approximate surface area is 163 Å². The smallest absolute Gasteiger partial charge is 0.218 e. The van der Waals surface area contributed by atoms with E-state index < -0.39 is 0 Å². The lowest BCUT2D eigenvalue weighted by Crippen LogP contribution is -2.40. The predicted molar refractivity (Wildman–Crippen MR) is 109 cm³/mol. The van der Waals surface area contributed by atoms with Crippen molar-refractivity contribution in [3.05, 3.63) is 23.9 Å². The summed E-state index contributed by atoms with van der Waals surface area (Å²) in [6.07, 6.45) is 3.59. The Morgan fingerprint density at radius 2 is 2.11 bits per heavy atom. The van der Waals surface area contributed by atoms with E-state index in [0.717, 1.165) is 37.5 Å². The third-order valence-corrected chi connectivity index (χ3v) is 4.03. The zero-order valence-corrected chi connectivity index (χ0v) is 17.2. The van der Waals surface area contributed by atoms with Gasteiger partial charge in [0.1, 0.15) is 6.61 Å². The van der Waals surface area contributed by atoms with E-state index in [9.17, 15) is 5.11 Å². The molecule has 27 heavy (non-hydrogen) atoms. The van der Waals surface area contributed by atoms with Crippen LogP contribution in [0.3, 0.4) is 0 Å². The van der Waals surface area contributed by atoms with Crippen LogP contribution in [0.25, 0.3) is 0 Å². The maximum absolute atomic E-state index is 9.29. The molecule has 1 aromatic rings. The summed E-state index contributed by atoms with van der Waals surface area (Å²) >= 11 is 0. The Hall–Kier alpha value is -1.86. The zero-order chi connectivity index (χ0) is 19.9. The van der Waals surface area contributed by atoms with Crippen molar-refractivity contribution in [3.8, 4) is 5.88 Å². The lowest BCUT2D eigenvalue weighted by molar-refractivity contribution is 0.143. The molecule has 1 unspecified atom stereocenters. The van der Waals surface area contributed by atoms with Gasteiger partial charge in [0, 0.05) is 38.6 Å². The van der Waals surface area contributed by atoms with Gasteiger partial charge in [0.15, 0.2) is 5.96 Å². The maximum atomic E-state index is 9.29. The van der Waals surface area contributed by atoms with Gasteiger partial charge < -0.3 is 25.2 Å². The van der Waals surface area contributed by atoms with Crippen molar-refractivity contribution in [1.29, 1.82) is 0 Å². The molecule has 1 rings (SSSR count). The fourth-order valence-corrected chi connectivity index (χ4v) is 2.80. The minimum Gasteiger partial charge on any atom is -0.475 e. The van der Waals surface area contributed by atoms with E-state index >= 15 is 0 Å². The number of aromatic nitrogens is 1. The molecule has 7 heteroatoms. The van der Waals surface area contributed by atoms with Crippen LogP contribution < -0.4 is 15.4 Å². The Kier molecular flexibility index (Phi) is 12.2. The molecule has 1 atom stereocenters. The molecular formula is C20H36N4O3. The van der Waals surface area contributed by atoms with Crippen molar-refractivity contribution in [3.63, 3.8) is 0 Å². The summed E-state index contributed by atoms with van der Waals surface area (Å²) in [5, 5.41) is 16.0. The molecule has 0 aliphatic heterocycles. The topological polar surface area (TPSA) is 88.0 Å². The summed E-state index contributed by atoms with van der Waals surface area (Å²) < 4.78 is 10.7. The Morgan fingerprint density at radius 3 is 2.78 bits per heavy atom. The number of aliphatic hydroxyl groups is 1. The minimum absolute atomic E-state index is 0.213. The number of nitrogens with one attached hydrogen (secondary N) is 2. The third kappa shape index (κ3) is 10.2. The molecule has 0 amide bonds. The van der Waals surface area contributed by atoms with Crippen LogP contribution in [0.15, 0.2) is 23.3 Å². The lowest BCUT2D eigenvalue weighted by Gasteiger charge is -2.20. The number of ether oxygens (including phenoxy) is 2. The van der Waals surface area contributed by atoms with Crippen LogP contribution in [0, 0.1) is 11.8 Å². The van der Waals surface area contributed by atoms with Crippen LogP contribution in [0.1, 0.15) is 39.2 Å². The number of methoxy groups -OCH3 is 1. The van der Waals surface area contributed by atoms with E-state index in [2.05, 4.69) is 34.5 Å². The highest BCUT2D eigenvalue weighted by Gasteiger charge is 2.12. The monoisotopic (exact) mass is 380 g/mol. The largest absolute Gasteiger partial charge is 0.475 e. The van der Waals surface area contributed by atoms with Crippen molar-refractivity contribution >= 4 is 5.96 Å². The molecule has 1 heterocycles. The highest BCUT2D eigenvalue weighted by molar-refractivity contribution is 5.79. The first-order valence-electron chi connectivity index (χ1n) is 9.79. The predicted octanol–water partition coefficient (Wildman–Crippen LogP) is 2.21. The summed E-state index contributed by atoms with van der Waals surface area (Å²) in [5.41, 5.74) is 0.930. The van der Waals surface area contributed by atoms with Crippen LogP contribution in [-0.2, 0) is 11.3 Å². The molecule has 3 N–H and O–H groups in total. The molecule has 0 aliphatic carbocycles. The van der Waals surface area contributed by atoms with Gasteiger partial charge in [0.05, 0.1) is 13.2 Å². The van der Waals surface area contributed by atoms with Crippen molar-refractivity contribution < 1.29 is 14.6 Å². The molecule has 0 spiro atoms. The molecule has 0 saturated carbocycles. The molecule has 0 aromatic carbocycles. The molecule has 0 aliphatic rings. The Bertz CT molecular complexity index is 538. The number of rotatable bonds is 13. The highest BCUT2D eigenvalue weighted by Crippen LogP contribution is 2.16. The van der Waals surface area contributed by atoms with Crippen molar-refractivity contribution in [1.82, 2.24) is 15.6 Å². The van der Waals surface area contributed by atoms with Gasteiger partial charge in [-0.2, -0.15) is 0 Å². The first-order chi connectivity index (χ1) is 13.1. The van der Waals surface area contributed by atoms with E-state index in [1.54, 1.807) is 13.3 Å². The molecule has 1 aromatic heterocycles. The summed E-state index contributed by atoms with van der Waals surface area (Å²) in [6.45, 7) is 9.69. The number of hydrogen-bond acceptors (Lipinski definition) is 5. The molecular weight excluding hydrogens is 344 g/mol. The molecule has 7 nitrogen and oxygen atoms in total. The van der Waals surface area contributed by atoms with Crippen LogP contribution >= 0.6 is 0 Å². The third-order valence-electron chi connectivity index (χ3n) is 4.03. The number of guanidine groups is 1. The van der Waals surface area contributed by atoms with Gasteiger partial charge in [-0.1, -0.05) is 19.9 Å². The van der Waals surface area contributed by atoms with Gasteiger partial charge in [0.25, 0.3) is 0 Å². The van der Waals surface area contributed by atoms with Crippen LogP contribution in [0.2, 0.25) is 0 Å². The highest BCUT2D eigenvalue weighted by atomic mass is 16.5. The number of pyridine rings is 1. The number of nitrogens with zero attached hydrogens (tertiary/aromatic N) is 2. The molecule has 0 fully saturated rings. The standard InChI is InChI=1S/C20H36N4O3/c1-5-21-20(23-14-17(8-10-25)13-16(2)3)24-15-18-7-6-9-22-19(18)27-12-11-26-4/h6-7,9,16-17,25H,5,8,10-15H2,1-4H3,(H2,21,23,24). The van der Waals surface area contributed by atoms with Gasteiger partial charge in [0.2, 0.25) is 5.88 Å². The van der Waals surface area contributed by atoms with Crippen molar-refractivity contribution in [2.45, 2.75) is 40.2 Å². The van der Waals surface area contributed by atoms with E-state index in [1.807, 2.05) is 19.1 Å². The first kappa shape index (κ1) is 23.2. The van der Waals surface area contributed by atoms with Crippen LogP contribution in [0.5, 0.6) is 5.88 Å². The fourth-order valence-electron chi connectivity index (χ4n) is 2.80. The van der Waals surface area contributed by atoms with Crippen molar-refractivity contribution in [2.24, 2.45) is 16.8 Å². The average Bonchev–Trinajstić information content (AvgIpc) is 2.64. The zero-order valence-electron chi connectivity index (χ0n) is 17.2. The quantitative estimate of drug-likeness (QED) is 0.276. The Morgan fingerprint density at radius 1 is 1.30 bits per heavy atom. The van der Waals surface area contributed by atoms with E-state index in [0.29, 0.717) is 37.5 Å². The van der Waals surface area contributed by atoms with Crippen LogP contribution in [-0.4, -0.2) is 56.1 Å². The summed E-state index contributed by atoms with van der Waals surface area (Å²) in [6, 6.07) is 3.85. The Balaban J connectivity index is 2.70. The van der Waals surface area contributed by atoms with E-state index in [1.165, 1.54) is 0 Å². The fraction of sp³-hybridized carbons (Fsp3) is 0.700. The van der Waals surface area contributed by atoms with E-state index in [4.69, 9.17) is 9.47 Å². The van der Waals surface area contributed by atoms with Gasteiger partial charge in [-0.05, 0) is 37.7 Å². The molecule has 0 radical (unpaired) electrons. The summed E-state index contributed by atoms with van der Waals surface area (Å²) in [7, 11) is 1.64. The molecule has 0 bridgehead atoms. The second-order valence-electron chi connectivity index (χ2n) is 6.89.